The molecule has 20 heavy (non-hydrogen) atoms. The third-order valence-electron chi connectivity index (χ3n) is 3.47. The Hall–Kier alpha value is -2.03. The zero-order chi connectivity index (χ0) is 14.4. The van der Waals surface area contributed by atoms with Crippen LogP contribution in [0.1, 0.15) is 31.9 Å². The van der Waals surface area contributed by atoms with Crippen LogP contribution in [0.25, 0.3) is 0 Å². The van der Waals surface area contributed by atoms with E-state index < -0.39 is 0 Å². The molecule has 0 radical (unpaired) electrons. The summed E-state index contributed by atoms with van der Waals surface area (Å²) in [4.78, 5) is 4.18. The summed E-state index contributed by atoms with van der Waals surface area (Å²) in [5.41, 5.74) is 1.17. The smallest absolute Gasteiger partial charge is 0.256 e. The zero-order valence-electron chi connectivity index (χ0n) is 12.2. The molecule has 0 saturated heterocycles. The molecular formula is C17H21NO2. The second-order valence-corrected chi connectivity index (χ2v) is 4.85. The third kappa shape index (κ3) is 3.29. The van der Waals surface area contributed by atoms with Gasteiger partial charge in [0, 0.05) is 6.20 Å². The summed E-state index contributed by atoms with van der Waals surface area (Å²) in [6.45, 7) is 4.37. The fourth-order valence-corrected chi connectivity index (χ4v) is 2.13. The minimum Gasteiger partial charge on any atom is -0.480 e. The van der Waals surface area contributed by atoms with Crippen molar-refractivity contribution in [2.75, 3.05) is 7.11 Å². The van der Waals surface area contributed by atoms with E-state index in [2.05, 4.69) is 31.0 Å². The van der Waals surface area contributed by atoms with Gasteiger partial charge in [-0.25, -0.2) is 4.98 Å². The van der Waals surface area contributed by atoms with Crippen molar-refractivity contribution in [2.45, 2.75) is 26.4 Å². The molecule has 0 bridgehead atoms. The SMILES string of the molecule is CCC(C)C(Oc1cccnc1OC)c1ccccc1. The highest BCUT2D eigenvalue weighted by atomic mass is 16.5. The first kappa shape index (κ1) is 14.4. The molecular weight excluding hydrogens is 250 g/mol. The van der Waals surface area contributed by atoms with Crippen LogP contribution >= 0.6 is 0 Å². The summed E-state index contributed by atoms with van der Waals surface area (Å²) in [6.07, 6.45) is 2.74. The van der Waals surface area contributed by atoms with Crippen molar-refractivity contribution in [3.8, 4) is 11.6 Å². The van der Waals surface area contributed by atoms with Gasteiger partial charge < -0.3 is 9.47 Å². The van der Waals surface area contributed by atoms with E-state index in [0.717, 1.165) is 6.42 Å². The highest BCUT2D eigenvalue weighted by Gasteiger charge is 2.21. The highest BCUT2D eigenvalue weighted by molar-refractivity contribution is 5.33. The van der Waals surface area contributed by atoms with Crippen molar-refractivity contribution < 1.29 is 9.47 Å². The second kappa shape index (κ2) is 6.94. The van der Waals surface area contributed by atoms with Crippen molar-refractivity contribution in [3.05, 3.63) is 54.2 Å². The molecule has 1 heterocycles. The second-order valence-electron chi connectivity index (χ2n) is 4.85. The number of rotatable bonds is 6. The Labute approximate surface area is 120 Å². The molecule has 2 aromatic rings. The lowest BCUT2D eigenvalue weighted by Crippen LogP contribution is -2.16. The fraction of sp³-hybridized carbons (Fsp3) is 0.353. The van der Waals surface area contributed by atoms with Gasteiger partial charge in [-0.2, -0.15) is 0 Å². The van der Waals surface area contributed by atoms with Crippen molar-refractivity contribution in [3.63, 3.8) is 0 Å². The minimum absolute atomic E-state index is 0.000648. The van der Waals surface area contributed by atoms with Crippen LogP contribution in [0.2, 0.25) is 0 Å². The summed E-state index contributed by atoms with van der Waals surface area (Å²) in [5, 5.41) is 0. The molecule has 0 aliphatic heterocycles. The van der Waals surface area contributed by atoms with Crippen LogP contribution in [0.15, 0.2) is 48.7 Å². The monoisotopic (exact) mass is 271 g/mol. The number of nitrogens with zero attached hydrogens (tertiary/aromatic N) is 1. The van der Waals surface area contributed by atoms with Crippen LogP contribution < -0.4 is 9.47 Å². The zero-order valence-corrected chi connectivity index (χ0v) is 12.2. The predicted molar refractivity (Wildman–Crippen MR) is 80.1 cm³/mol. The molecule has 2 unspecified atom stereocenters. The van der Waals surface area contributed by atoms with Gasteiger partial charge in [-0.3, -0.25) is 0 Å². The van der Waals surface area contributed by atoms with Crippen LogP contribution in [0.3, 0.4) is 0 Å². The largest absolute Gasteiger partial charge is 0.480 e. The summed E-state index contributed by atoms with van der Waals surface area (Å²) >= 11 is 0. The summed E-state index contributed by atoms with van der Waals surface area (Å²) < 4.78 is 11.4. The molecule has 0 aliphatic rings. The third-order valence-corrected chi connectivity index (χ3v) is 3.47. The van der Waals surface area contributed by atoms with Gasteiger partial charge in [-0.1, -0.05) is 44.2 Å². The quantitative estimate of drug-likeness (QED) is 0.786. The summed E-state index contributed by atoms with van der Waals surface area (Å²) in [6, 6.07) is 14.0. The molecule has 0 saturated carbocycles. The Morgan fingerprint density at radius 2 is 1.85 bits per heavy atom. The average Bonchev–Trinajstić information content (AvgIpc) is 2.53. The van der Waals surface area contributed by atoms with Gasteiger partial charge >= 0.3 is 0 Å². The van der Waals surface area contributed by atoms with Crippen molar-refractivity contribution in [1.82, 2.24) is 4.98 Å². The lowest BCUT2D eigenvalue weighted by Gasteiger charge is -2.25. The maximum absolute atomic E-state index is 6.19. The van der Waals surface area contributed by atoms with Crippen LogP contribution in [0, 0.1) is 5.92 Å². The molecule has 0 aliphatic carbocycles. The molecule has 1 aromatic carbocycles. The highest BCUT2D eigenvalue weighted by Crippen LogP contribution is 2.33. The molecule has 0 fully saturated rings. The van der Waals surface area contributed by atoms with E-state index in [0.29, 0.717) is 17.5 Å². The van der Waals surface area contributed by atoms with E-state index in [1.807, 2.05) is 30.3 Å². The van der Waals surface area contributed by atoms with E-state index in [-0.39, 0.29) is 6.10 Å². The van der Waals surface area contributed by atoms with Gasteiger partial charge in [0.1, 0.15) is 6.10 Å². The first-order valence-corrected chi connectivity index (χ1v) is 6.96. The van der Waals surface area contributed by atoms with Crippen molar-refractivity contribution >= 4 is 0 Å². The number of methoxy groups -OCH3 is 1. The number of ether oxygens (including phenoxy) is 2. The molecule has 0 N–H and O–H groups in total. The topological polar surface area (TPSA) is 31.4 Å². The molecule has 0 amide bonds. The first-order chi connectivity index (χ1) is 9.76. The van der Waals surface area contributed by atoms with Crippen LogP contribution in [-0.4, -0.2) is 12.1 Å². The predicted octanol–water partition coefficient (Wildman–Crippen LogP) is 4.26. The maximum Gasteiger partial charge on any atom is 0.256 e. The van der Waals surface area contributed by atoms with E-state index in [4.69, 9.17) is 9.47 Å². The number of hydrogen-bond acceptors (Lipinski definition) is 3. The number of hydrogen-bond donors (Lipinski definition) is 0. The van der Waals surface area contributed by atoms with Crippen molar-refractivity contribution in [2.24, 2.45) is 5.92 Å². The Kier molecular flexibility index (Phi) is 4.99. The normalized spacial score (nSPS) is 13.6. The van der Waals surface area contributed by atoms with Crippen LogP contribution in [0.5, 0.6) is 11.6 Å². The Bertz CT molecular complexity index is 528. The molecule has 0 spiro atoms. The molecule has 1 aromatic heterocycles. The lowest BCUT2D eigenvalue weighted by atomic mass is 9.95. The minimum atomic E-state index is -0.000648. The van der Waals surface area contributed by atoms with E-state index in [1.54, 1.807) is 13.3 Å². The van der Waals surface area contributed by atoms with Gasteiger partial charge in [-0.15, -0.1) is 0 Å². The number of pyridine rings is 1. The maximum atomic E-state index is 6.19. The number of benzene rings is 1. The average molecular weight is 271 g/mol. The van der Waals surface area contributed by atoms with Gasteiger partial charge in [0.15, 0.2) is 5.75 Å². The Morgan fingerprint density at radius 1 is 1.10 bits per heavy atom. The lowest BCUT2D eigenvalue weighted by molar-refractivity contribution is 0.135. The van der Waals surface area contributed by atoms with E-state index in [9.17, 15) is 0 Å². The van der Waals surface area contributed by atoms with Gasteiger partial charge in [0.2, 0.25) is 0 Å². The molecule has 2 rings (SSSR count). The molecule has 2 atom stereocenters. The van der Waals surface area contributed by atoms with E-state index in [1.165, 1.54) is 5.56 Å². The first-order valence-electron chi connectivity index (χ1n) is 6.96. The van der Waals surface area contributed by atoms with Crippen LogP contribution in [0.4, 0.5) is 0 Å². The Morgan fingerprint density at radius 3 is 2.50 bits per heavy atom. The summed E-state index contributed by atoms with van der Waals surface area (Å²) in [5.74, 6) is 1.61. The van der Waals surface area contributed by atoms with Gasteiger partial charge in [0.25, 0.3) is 5.88 Å². The van der Waals surface area contributed by atoms with E-state index >= 15 is 0 Å². The van der Waals surface area contributed by atoms with Gasteiger partial charge in [-0.05, 0) is 30.0 Å². The van der Waals surface area contributed by atoms with Crippen molar-refractivity contribution in [1.29, 1.82) is 0 Å². The number of aromatic nitrogens is 1. The summed E-state index contributed by atoms with van der Waals surface area (Å²) in [7, 11) is 1.61. The standard InChI is InChI=1S/C17H21NO2/c1-4-13(2)16(14-9-6-5-7-10-14)20-15-11-8-12-18-17(15)19-3/h5-13,16H,4H2,1-3H3. The molecule has 3 heteroatoms. The van der Waals surface area contributed by atoms with Gasteiger partial charge in [0.05, 0.1) is 7.11 Å². The molecule has 3 nitrogen and oxygen atoms in total. The Balaban J connectivity index is 2.29. The fourth-order valence-electron chi connectivity index (χ4n) is 2.13. The van der Waals surface area contributed by atoms with Crippen LogP contribution in [-0.2, 0) is 0 Å². The molecule has 106 valence electrons.